The lowest BCUT2D eigenvalue weighted by molar-refractivity contribution is 0.149. The normalized spacial score (nSPS) is 11.8. The topological polar surface area (TPSA) is 83.7 Å². The SMILES string of the molecule is COc1ccc(NC(=O)NCC(O)c2ccco2)cc1F. The van der Waals surface area contributed by atoms with Crippen LogP contribution in [0.2, 0.25) is 0 Å². The Bertz CT molecular complexity index is 601. The van der Waals surface area contributed by atoms with Crippen molar-refractivity contribution in [1.82, 2.24) is 5.32 Å². The Balaban J connectivity index is 1.86. The van der Waals surface area contributed by atoms with Gasteiger partial charge in [0.15, 0.2) is 11.6 Å². The molecule has 3 N–H and O–H groups in total. The number of furan rings is 1. The fraction of sp³-hybridized carbons (Fsp3) is 0.214. The third-order valence-electron chi connectivity index (χ3n) is 2.74. The molecular formula is C14H15FN2O4. The third-order valence-corrected chi connectivity index (χ3v) is 2.74. The predicted molar refractivity (Wildman–Crippen MR) is 73.6 cm³/mol. The van der Waals surface area contributed by atoms with Gasteiger partial charge in [0, 0.05) is 11.8 Å². The molecule has 0 fully saturated rings. The van der Waals surface area contributed by atoms with Crippen LogP contribution in [0, 0.1) is 5.82 Å². The molecule has 1 heterocycles. The van der Waals surface area contributed by atoms with Gasteiger partial charge in [-0.15, -0.1) is 0 Å². The lowest BCUT2D eigenvalue weighted by atomic mass is 10.2. The number of amides is 2. The number of hydrogen-bond acceptors (Lipinski definition) is 4. The van der Waals surface area contributed by atoms with Gasteiger partial charge in [0.1, 0.15) is 11.9 Å². The number of ether oxygens (including phenoxy) is 1. The Labute approximate surface area is 120 Å². The number of carbonyl (C=O) groups excluding carboxylic acids is 1. The molecule has 0 aliphatic rings. The first-order chi connectivity index (χ1) is 10.1. The summed E-state index contributed by atoms with van der Waals surface area (Å²) >= 11 is 0. The van der Waals surface area contributed by atoms with Crippen LogP contribution in [0.1, 0.15) is 11.9 Å². The first-order valence-corrected chi connectivity index (χ1v) is 6.20. The van der Waals surface area contributed by atoms with Gasteiger partial charge in [-0.2, -0.15) is 0 Å². The summed E-state index contributed by atoms with van der Waals surface area (Å²) in [6, 6.07) is 6.72. The zero-order valence-corrected chi connectivity index (χ0v) is 11.3. The monoisotopic (exact) mass is 294 g/mol. The van der Waals surface area contributed by atoms with E-state index in [9.17, 15) is 14.3 Å². The molecule has 2 rings (SSSR count). The number of benzene rings is 1. The van der Waals surface area contributed by atoms with Crippen LogP contribution in [-0.2, 0) is 0 Å². The summed E-state index contributed by atoms with van der Waals surface area (Å²) in [4.78, 5) is 11.6. The Hall–Kier alpha value is -2.54. The molecule has 21 heavy (non-hydrogen) atoms. The Kier molecular flexibility index (Phi) is 4.78. The highest BCUT2D eigenvalue weighted by atomic mass is 19.1. The van der Waals surface area contributed by atoms with Gasteiger partial charge < -0.3 is 24.9 Å². The molecule has 0 aliphatic heterocycles. The smallest absolute Gasteiger partial charge is 0.319 e. The van der Waals surface area contributed by atoms with Crippen LogP contribution < -0.4 is 15.4 Å². The van der Waals surface area contributed by atoms with Crippen molar-refractivity contribution < 1.29 is 23.4 Å². The van der Waals surface area contributed by atoms with Crippen molar-refractivity contribution in [3.63, 3.8) is 0 Å². The molecule has 2 aromatic rings. The first-order valence-electron chi connectivity index (χ1n) is 6.20. The van der Waals surface area contributed by atoms with E-state index in [-0.39, 0.29) is 18.0 Å². The summed E-state index contributed by atoms with van der Waals surface area (Å²) in [5.41, 5.74) is 0.276. The van der Waals surface area contributed by atoms with E-state index < -0.39 is 18.0 Å². The van der Waals surface area contributed by atoms with E-state index in [1.54, 1.807) is 12.1 Å². The van der Waals surface area contributed by atoms with E-state index in [2.05, 4.69) is 10.6 Å². The predicted octanol–water partition coefficient (Wildman–Crippen LogP) is 2.28. The minimum atomic E-state index is -0.946. The maximum absolute atomic E-state index is 13.5. The summed E-state index contributed by atoms with van der Waals surface area (Å²) < 4.78 is 23.2. The molecule has 7 heteroatoms. The average Bonchev–Trinajstić information content (AvgIpc) is 2.99. The fourth-order valence-electron chi connectivity index (χ4n) is 1.69. The second-order valence-corrected chi connectivity index (χ2v) is 4.22. The molecule has 1 unspecified atom stereocenters. The zero-order chi connectivity index (χ0) is 15.2. The number of aliphatic hydroxyl groups excluding tert-OH is 1. The van der Waals surface area contributed by atoms with Crippen LogP contribution in [0.4, 0.5) is 14.9 Å². The molecule has 0 radical (unpaired) electrons. The highest BCUT2D eigenvalue weighted by Crippen LogP contribution is 2.20. The van der Waals surface area contributed by atoms with Gasteiger partial charge in [-0.1, -0.05) is 0 Å². The molecule has 112 valence electrons. The van der Waals surface area contributed by atoms with Crippen LogP contribution in [-0.4, -0.2) is 24.8 Å². The quantitative estimate of drug-likeness (QED) is 0.790. The van der Waals surface area contributed by atoms with Crippen molar-refractivity contribution in [2.24, 2.45) is 0 Å². The molecular weight excluding hydrogens is 279 g/mol. The van der Waals surface area contributed by atoms with Crippen molar-refractivity contribution >= 4 is 11.7 Å². The van der Waals surface area contributed by atoms with Gasteiger partial charge in [0.05, 0.1) is 19.9 Å². The molecule has 1 aromatic carbocycles. The van der Waals surface area contributed by atoms with Crippen LogP contribution >= 0.6 is 0 Å². The molecule has 0 bridgehead atoms. The average molecular weight is 294 g/mol. The van der Waals surface area contributed by atoms with Crippen molar-refractivity contribution in [1.29, 1.82) is 0 Å². The molecule has 0 aliphatic carbocycles. The third kappa shape index (κ3) is 3.96. The fourth-order valence-corrected chi connectivity index (χ4v) is 1.69. The van der Waals surface area contributed by atoms with Crippen molar-refractivity contribution in [2.45, 2.75) is 6.10 Å². The van der Waals surface area contributed by atoms with Gasteiger partial charge in [-0.3, -0.25) is 0 Å². The standard InChI is InChI=1S/C14H15FN2O4/c1-20-12-5-4-9(7-10(12)15)17-14(19)16-8-11(18)13-3-2-6-21-13/h2-7,11,18H,8H2,1H3,(H2,16,17,19). The van der Waals surface area contributed by atoms with Crippen LogP contribution in [0.3, 0.4) is 0 Å². The van der Waals surface area contributed by atoms with Gasteiger partial charge >= 0.3 is 6.03 Å². The summed E-state index contributed by atoms with van der Waals surface area (Å²) in [5, 5.41) is 14.6. The first kappa shape index (κ1) is 14.9. The van der Waals surface area contributed by atoms with E-state index in [0.29, 0.717) is 5.76 Å². The number of halogens is 1. The summed E-state index contributed by atoms with van der Waals surface area (Å²) in [6.45, 7) is -0.0298. The van der Waals surface area contributed by atoms with Crippen molar-refractivity contribution in [2.75, 3.05) is 19.0 Å². The van der Waals surface area contributed by atoms with E-state index >= 15 is 0 Å². The molecule has 0 saturated carbocycles. The van der Waals surface area contributed by atoms with Crippen molar-refractivity contribution in [3.05, 3.63) is 48.2 Å². The minimum Gasteiger partial charge on any atom is -0.494 e. The van der Waals surface area contributed by atoms with Crippen LogP contribution in [0.5, 0.6) is 5.75 Å². The van der Waals surface area contributed by atoms with E-state index in [4.69, 9.17) is 9.15 Å². The highest BCUT2D eigenvalue weighted by molar-refractivity contribution is 5.89. The zero-order valence-electron chi connectivity index (χ0n) is 11.3. The summed E-state index contributed by atoms with van der Waals surface area (Å²) in [7, 11) is 1.36. The number of nitrogens with one attached hydrogen (secondary N) is 2. The van der Waals surface area contributed by atoms with Gasteiger partial charge in [-0.25, -0.2) is 9.18 Å². The maximum Gasteiger partial charge on any atom is 0.319 e. The van der Waals surface area contributed by atoms with E-state index in [1.807, 2.05) is 0 Å². The minimum absolute atomic E-state index is 0.0298. The second kappa shape index (κ2) is 6.76. The van der Waals surface area contributed by atoms with Crippen LogP contribution in [0.25, 0.3) is 0 Å². The van der Waals surface area contributed by atoms with E-state index in [0.717, 1.165) is 6.07 Å². The largest absolute Gasteiger partial charge is 0.494 e. The number of methoxy groups -OCH3 is 1. The highest BCUT2D eigenvalue weighted by Gasteiger charge is 2.12. The second-order valence-electron chi connectivity index (χ2n) is 4.22. The Morgan fingerprint density at radius 2 is 2.29 bits per heavy atom. The summed E-state index contributed by atoms with van der Waals surface area (Å²) in [5.74, 6) is -0.133. The number of urea groups is 1. The molecule has 0 saturated heterocycles. The van der Waals surface area contributed by atoms with Gasteiger partial charge in [0.2, 0.25) is 0 Å². The van der Waals surface area contributed by atoms with Gasteiger partial charge in [0.25, 0.3) is 0 Å². The number of aliphatic hydroxyl groups is 1. The summed E-state index contributed by atoms with van der Waals surface area (Å²) in [6.07, 6.45) is 0.483. The van der Waals surface area contributed by atoms with Crippen molar-refractivity contribution in [3.8, 4) is 5.75 Å². The van der Waals surface area contributed by atoms with Gasteiger partial charge in [-0.05, 0) is 24.3 Å². The Morgan fingerprint density at radius 3 is 2.90 bits per heavy atom. The molecule has 6 nitrogen and oxygen atoms in total. The lowest BCUT2D eigenvalue weighted by Gasteiger charge is -2.11. The number of hydrogen-bond donors (Lipinski definition) is 3. The molecule has 1 atom stereocenters. The number of carbonyl (C=O) groups is 1. The van der Waals surface area contributed by atoms with Crippen LogP contribution in [0.15, 0.2) is 41.0 Å². The maximum atomic E-state index is 13.5. The molecule has 0 spiro atoms. The Morgan fingerprint density at radius 1 is 1.48 bits per heavy atom. The van der Waals surface area contributed by atoms with E-state index in [1.165, 1.54) is 25.5 Å². The lowest BCUT2D eigenvalue weighted by Crippen LogP contribution is -2.32. The number of rotatable bonds is 5. The number of anilines is 1. The molecule has 1 aromatic heterocycles. The molecule has 2 amide bonds.